The van der Waals surface area contributed by atoms with Gasteiger partial charge in [0.05, 0.1) is 6.54 Å². The summed E-state index contributed by atoms with van der Waals surface area (Å²) in [7, 11) is 0. The number of hydrogen-bond donors (Lipinski definition) is 2. The summed E-state index contributed by atoms with van der Waals surface area (Å²) in [5.74, 6) is 0.292. The Labute approximate surface area is 173 Å². The highest BCUT2D eigenvalue weighted by Crippen LogP contribution is 2.45. The largest absolute Gasteiger partial charge is 0.374 e. The average molecular weight is 399 g/mol. The van der Waals surface area contributed by atoms with Crippen molar-refractivity contribution in [1.82, 2.24) is 14.7 Å². The summed E-state index contributed by atoms with van der Waals surface area (Å²) in [6, 6.07) is 9.18. The molecule has 1 aliphatic carbocycles. The third kappa shape index (κ3) is 3.78. The van der Waals surface area contributed by atoms with Crippen molar-refractivity contribution in [2.45, 2.75) is 56.2 Å². The Morgan fingerprint density at radius 3 is 2.48 bits per heavy atom. The molecule has 2 saturated heterocycles. The first-order chi connectivity index (χ1) is 14.1. The van der Waals surface area contributed by atoms with Gasteiger partial charge in [-0.1, -0.05) is 24.6 Å². The number of carbonyl (C=O) groups excluding carboxylic acids is 1. The zero-order chi connectivity index (χ0) is 19.8. The lowest BCUT2D eigenvalue weighted by molar-refractivity contribution is -0.135. The van der Waals surface area contributed by atoms with Gasteiger partial charge in [-0.15, -0.1) is 0 Å². The van der Waals surface area contributed by atoms with Crippen molar-refractivity contribution in [3.8, 4) is 0 Å². The molecule has 29 heavy (non-hydrogen) atoms. The summed E-state index contributed by atoms with van der Waals surface area (Å²) in [4.78, 5) is 19.8. The lowest BCUT2D eigenvalue weighted by Crippen LogP contribution is -2.55. The molecule has 3 fully saturated rings. The van der Waals surface area contributed by atoms with E-state index in [1.807, 2.05) is 6.07 Å². The zero-order valence-electron chi connectivity index (χ0n) is 17.4. The maximum absolute atomic E-state index is 12.9. The van der Waals surface area contributed by atoms with Gasteiger partial charge in [0, 0.05) is 49.7 Å². The summed E-state index contributed by atoms with van der Waals surface area (Å²) in [6.07, 6.45) is 6.35. The van der Waals surface area contributed by atoms with Crippen molar-refractivity contribution in [1.29, 1.82) is 0 Å². The van der Waals surface area contributed by atoms with Gasteiger partial charge < -0.3 is 15.3 Å². The molecule has 0 aromatic heterocycles. The number of nitrogens with one attached hydrogen (secondary N) is 1. The molecule has 3 heterocycles. The van der Waals surface area contributed by atoms with Crippen LogP contribution >= 0.6 is 0 Å². The van der Waals surface area contributed by atoms with Gasteiger partial charge in [-0.05, 0) is 50.4 Å². The molecular weight excluding hydrogens is 364 g/mol. The Morgan fingerprint density at radius 1 is 1.07 bits per heavy atom. The van der Waals surface area contributed by atoms with Crippen LogP contribution in [0.5, 0.6) is 0 Å². The third-order valence-electron chi connectivity index (χ3n) is 7.83. The van der Waals surface area contributed by atoms with Gasteiger partial charge in [0.1, 0.15) is 6.23 Å². The molecule has 1 aromatic carbocycles. The van der Waals surface area contributed by atoms with Crippen molar-refractivity contribution >= 4 is 11.6 Å². The second-order valence-corrected chi connectivity index (χ2v) is 9.47. The number of amides is 1. The number of likely N-dealkylation sites (tertiary alicyclic amines) is 1. The number of anilines is 1. The van der Waals surface area contributed by atoms with Crippen LogP contribution in [0.2, 0.25) is 0 Å². The van der Waals surface area contributed by atoms with Crippen LogP contribution in [-0.2, 0) is 10.2 Å². The van der Waals surface area contributed by atoms with E-state index >= 15 is 0 Å². The first-order valence-electron chi connectivity index (χ1n) is 11.4. The fourth-order valence-corrected chi connectivity index (χ4v) is 5.77. The summed E-state index contributed by atoms with van der Waals surface area (Å²) in [6.45, 7) is 6.25. The van der Waals surface area contributed by atoms with Gasteiger partial charge in [0.15, 0.2) is 0 Å². The van der Waals surface area contributed by atoms with Crippen molar-refractivity contribution in [3.63, 3.8) is 0 Å². The normalized spacial score (nSPS) is 27.9. The molecule has 3 aliphatic heterocycles. The Balaban J connectivity index is 1.15. The number of hydrogen-bond acceptors (Lipinski definition) is 5. The van der Waals surface area contributed by atoms with Crippen molar-refractivity contribution in [2.75, 3.05) is 51.1 Å². The van der Waals surface area contributed by atoms with Crippen LogP contribution in [-0.4, -0.2) is 83.8 Å². The predicted octanol–water partition coefficient (Wildman–Crippen LogP) is 1.85. The molecule has 1 aromatic rings. The molecule has 0 radical (unpaired) electrons. The minimum absolute atomic E-state index is 0.0369. The van der Waals surface area contributed by atoms with Gasteiger partial charge in [-0.2, -0.15) is 0 Å². The number of para-hydroxylation sites is 1. The van der Waals surface area contributed by atoms with Crippen LogP contribution in [0, 0.1) is 0 Å². The Hall–Kier alpha value is -1.63. The number of rotatable bonds is 3. The van der Waals surface area contributed by atoms with Gasteiger partial charge in [-0.3, -0.25) is 14.6 Å². The fourth-order valence-electron chi connectivity index (χ4n) is 5.77. The summed E-state index contributed by atoms with van der Waals surface area (Å²) < 4.78 is 0. The van der Waals surface area contributed by atoms with E-state index in [-0.39, 0.29) is 5.41 Å². The molecule has 1 amide bonds. The van der Waals surface area contributed by atoms with Gasteiger partial charge in [0.25, 0.3) is 0 Å². The van der Waals surface area contributed by atoms with Crippen LogP contribution in [0.25, 0.3) is 0 Å². The molecule has 1 spiro atoms. The first kappa shape index (κ1) is 19.3. The summed E-state index contributed by atoms with van der Waals surface area (Å²) >= 11 is 0. The minimum Gasteiger partial charge on any atom is -0.374 e. The van der Waals surface area contributed by atoms with E-state index in [2.05, 4.69) is 38.2 Å². The third-order valence-corrected chi connectivity index (χ3v) is 7.83. The number of aliphatic hydroxyl groups is 1. The first-order valence-corrected chi connectivity index (χ1v) is 11.4. The number of aliphatic hydroxyl groups excluding tert-OH is 1. The Kier molecular flexibility index (Phi) is 5.26. The van der Waals surface area contributed by atoms with Gasteiger partial charge in [0.2, 0.25) is 5.91 Å². The van der Waals surface area contributed by atoms with Crippen LogP contribution in [0.3, 0.4) is 0 Å². The number of benzene rings is 1. The molecule has 0 bridgehead atoms. The average Bonchev–Trinajstić information content (AvgIpc) is 2.69. The number of piperazine rings is 1. The topological polar surface area (TPSA) is 59.1 Å². The summed E-state index contributed by atoms with van der Waals surface area (Å²) in [5, 5.41) is 13.6. The Bertz CT molecular complexity index is 734. The quantitative estimate of drug-likeness (QED) is 0.814. The van der Waals surface area contributed by atoms with E-state index in [0.717, 1.165) is 70.3 Å². The molecule has 1 unspecified atom stereocenters. The Morgan fingerprint density at radius 2 is 1.79 bits per heavy atom. The highest BCUT2D eigenvalue weighted by atomic mass is 16.3. The maximum atomic E-state index is 12.9. The minimum atomic E-state index is -0.481. The number of piperidine rings is 1. The highest BCUT2D eigenvalue weighted by molar-refractivity contribution is 5.78. The van der Waals surface area contributed by atoms with E-state index in [4.69, 9.17) is 0 Å². The van der Waals surface area contributed by atoms with Crippen molar-refractivity contribution in [2.24, 2.45) is 0 Å². The molecule has 1 atom stereocenters. The van der Waals surface area contributed by atoms with E-state index in [9.17, 15) is 9.90 Å². The number of nitrogens with zero attached hydrogens (tertiary/aromatic N) is 3. The smallest absolute Gasteiger partial charge is 0.236 e. The number of fused-ring (bicyclic) bond motifs is 2. The molecular formula is C23H34N4O2. The lowest BCUT2D eigenvalue weighted by atomic mass is 9.68. The molecule has 158 valence electrons. The molecule has 6 heteroatoms. The van der Waals surface area contributed by atoms with E-state index in [1.165, 1.54) is 24.8 Å². The van der Waals surface area contributed by atoms with E-state index < -0.39 is 6.23 Å². The standard InChI is InChI=1S/C23H34N4O2/c28-21-16-23(19-6-1-2-7-20(19)24-21)8-10-25(11-9-23)17-22(29)27-14-12-26(13-15-27)18-4-3-5-18/h1-2,6-7,18,21,24,28H,3-5,8-17H2. The van der Waals surface area contributed by atoms with Gasteiger partial charge >= 0.3 is 0 Å². The SMILES string of the molecule is O=C(CN1CCC2(CC1)CC(O)Nc1ccccc12)N1CCN(C2CCC2)CC1. The molecule has 6 nitrogen and oxygen atoms in total. The van der Waals surface area contributed by atoms with E-state index in [0.29, 0.717) is 12.5 Å². The predicted molar refractivity (Wildman–Crippen MR) is 114 cm³/mol. The van der Waals surface area contributed by atoms with Crippen molar-refractivity contribution < 1.29 is 9.90 Å². The molecule has 1 saturated carbocycles. The number of carbonyl (C=O) groups is 1. The molecule has 4 aliphatic rings. The van der Waals surface area contributed by atoms with Crippen LogP contribution in [0.4, 0.5) is 5.69 Å². The van der Waals surface area contributed by atoms with Gasteiger partial charge in [-0.25, -0.2) is 0 Å². The van der Waals surface area contributed by atoms with Crippen LogP contribution < -0.4 is 5.32 Å². The molecule has 5 rings (SSSR count). The van der Waals surface area contributed by atoms with Crippen LogP contribution in [0.15, 0.2) is 24.3 Å². The fraction of sp³-hybridized carbons (Fsp3) is 0.696. The van der Waals surface area contributed by atoms with E-state index in [1.54, 1.807) is 0 Å². The van der Waals surface area contributed by atoms with Crippen LogP contribution in [0.1, 0.15) is 44.1 Å². The monoisotopic (exact) mass is 398 g/mol. The maximum Gasteiger partial charge on any atom is 0.236 e. The molecule has 2 N–H and O–H groups in total. The highest BCUT2D eigenvalue weighted by Gasteiger charge is 2.42. The van der Waals surface area contributed by atoms with Crippen molar-refractivity contribution in [3.05, 3.63) is 29.8 Å². The second kappa shape index (κ2) is 7.89. The summed E-state index contributed by atoms with van der Waals surface area (Å²) in [5.41, 5.74) is 2.44. The second-order valence-electron chi connectivity index (χ2n) is 9.47. The zero-order valence-corrected chi connectivity index (χ0v) is 17.4. The lowest BCUT2D eigenvalue weighted by Gasteiger charge is -2.47.